The molecule has 0 aromatic carbocycles. The van der Waals surface area contributed by atoms with Gasteiger partial charge in [0.15, 0.2) is 5.78 Å². The van der Waals surface area contributed by atoms with E-state index >= 15 is 0 Å². The van der Waals surface area contributed by atoms with Crippen molar-refractivity contribution < 1.29 is 14.4 Å². The van der Waals surface area contributed by atoms with E-state index in [0.717, 1.165) is 0 Å². The molecule has 0 aliphatic heterocycles. The molecule has 0 bridgehead atoms. The number of carbonyl (C=O) groups excluding carboxylic acids is 3. The van der Waals surface area contributed by atoms with Crippen LogP contribution in [0.2, 0.25) is 0 Å². The van der Waals surface area contributed by atoms with Gasteiger partial charge in [-0.25, -0.2) is 0 Å². The fourth-order valence-electron chi connectivity index (χ4n) is 1.48. The maximum Gasteiger partial charge on any atom is 0.235 e. The normalized spacial score (nSPS) is 13.8. The predicted molar refractivity (Wildman–Crippen MR) is 65.4 cm³/mol. The average Bonchev–Trinajstić information content (AvgIpc) is 2.27. The van der Waals surface area contributed by atoms with E-state index in [1.165, 1.54) is 16.7 Å². The lowest BCUT2D eigenvalue weighted by atomic mass is 10.0. The van der Waals surface area contributed by atoms with Gasteiger partial charge in [0.05, 0.1) is 6.04 Å². The van der Waals surface area contributed by atoms with Crippen molar-refractivity contribution in [2.75, 3.05) is 21.1 Å². The van der Waals surface area contributed by atoms with Crippen LogP contribution in [0.5, 0.6) is 0 Å². The van der Waals surface area contributed by atoms with E-state index in [0.29, 0.717) is 6.42 Å². The molecule has 0 spiro atoms. The number of hydrogen-bond acceptors (Lipinski definition) is 3. The number of rotatable bonds is 5. The van der Waals surface area contributed by atoms with Crippen LogP contribution in [0, 0.1) is 5.92 Å². The summed E-state index contributed by atoms with van der Waals surface area (Å²) >= 11 is 0. The molecule has 0 aliphatic rings. The number of likely N-dealkylation sites (N-methyl/N-ethyl adjacent to an activating group) is 1. The zero-order valence-corrected chi connectivity index (χ0v) is 11.5. The Morgan fingerprint density at radius 1 is 1.06 bits per heavy atom. The zero-order chi connectivity index (χ0) is 13.7. The number of Topliss-reactive ketones (excluding diaryl/α,β-unsaturated/α-hetero) is 1. The molecule has 0 heterocycles. The molecular weight excluding hydrogens is 220 g/mol. The van der Waals surface area contributed by atoms with Crippen molar-refractivity contribution in [2.45, 2.75) is 33.2 Å². The van der Waals surface area contributed by atoms with E-state index in [9.17, 15) is 14.4 Å². The van der Waals surface area contributed by atoms with Gasteiger partial charge in [0.2, 0.25) is 11.8 Å². The fraction of sp³-hybridized carbons (Fsp3) is 0.750. The van der Waals surface area contributed by atoms with Crippen LogP contribution in [-0.2, 0) is 14.4 Å². The minimum absolute atomic E-state index is 0.0898. The van der Waals surface area contributed by atoms with Crippen LogP contribution < -0.4 is 0 Å². The first-order chi connectivity index (χ1) is 7.73. The summed E-state index contributed by atoms with van der Waals surface area (Å²) in [5.74, 6) is -1.31. The molecule has 0 aliphatic carbocycles. The second-order valence-electron chi connectivity index (χ2n) is 4.43. The summed E-state index contributed by atoms with van der Waals surface area (Å²) in [6, 6.07) is -0.494. The Kier molecular flexibility index (Phi) is 5.85. The smallest absolute Gasteiger partial charge is 0.235 e. The molecule has 0 saturated carbocycles. The van der Waals surface area contributed by atoms with E-state index < -0.39 is 12.0 Å². The molecular formula is C12H22N2O3. The van der Waals surface area contributed by atoms with E-state index in [-0.39, 0.29) is 17.6 Å². The number of amides is 2. The van der Waals surface area contributed by atoms with Crippen LogP contribution in [0.25, 0.3) is 0 Å². The van der Waals surface area contributed by atoms with Gasteiger partial charge in [-0.1, -0.05) is 6.92 Å². The van der Waals surface area contributed by atoms with Gasteiger partial charge in [0.25, 0.3) is 0 Å². The highest BCUT2D eigenvalue weighted by molar-refractivity contribution is 6.01. The van der Waals surface area contributed by atoms with Gasteiger partial charge in [-0.05, 0) is 20.3 Å². The topological polar surface area (TPSA) is 57.7 Å². The Hall–Kier alpha value is -1.39. The Labute approximate surface area is 103 Å². The molecule has 5 heteroatoms. The van der Waals surface area contributed by atoms with Crippen molar-refractivity contribution in [2.24, 2.45) is 5.92 Å². The van der Waals surface area contributed by atoms with Gasteiger partial charge in [-0.15, -0.1) is 0 Å². The van der Waals surface area contributed by atoms with E-state index in [2.05, 4.69) is 0 Å². The summed E-state index contributed by atoms with van der Waals surface area (Å²) in [4.78, 5) is 37.9. The van der Waals surface area contributed by atoms with Crippen LogP contribution >= 0.6 is 0 Å². The van der Waals surface area contributed by atoms with Gasteiger partial charge in [0.1, 0.15) is 5.92 Å². The quantitative estimate of drug-likeness (QED) is 0.661. The molecule has 0 aromatic heterocycles. The first kappa shape index (κ1) is 15.6. The fourth-order valence-corrected chi connectivity index (χ4v) is 1.48. The minimum atomic E-state index is -0.697. The Balaban J connectivity index is 4.88. The Morgan fingerprint density at radius 3 is 1.82 bits per heavy atom. The van der Waals surface area contributed by atoms with Crippen LogP contribution in [-0.4, -0.2) is 54.6 Å². The van der Waals surface area contributed by atoms with Gasteiger partial charge in [0, 0.05) is 21.1 Å². The summed E-state index contributed by atoms with van der Waals surface area (Å²) in [6.07, 6.45) is 0.435. The number of hydrogen-bond donors (Lipinski definition) is 0. The van der Waals surface area contributed by atoms with E-state index in [1.54, 1.807) is 35.0 Å². The van der Waals surface area contributed by atoms with Gasteiger partial charge in [-0.2, -0.15) is 0 Å². The summed E-state index contributed by atoms with van der Waals surface area (Å²) in [6.45, 7) is 4.88. The predicted octanol–water partition coefficient (Wildman–Crippen LogP) is 0.537. The third-order valence-electron chi connectivity index (χ3n) is 2.96. The highest BCUT2D eigenvalue weighted by Gasteiger charge is 2.31. The van der Waals surface area contributed by atoms with E-state index in [1.807, 2.05) is 0 Å². The summed E-state index contributed by atoms with van der Waals surface area (Å²) in [5.41, 5.74) is 0. The molecule has 17 heavy (non-hydrogen) atoms. The minimum Gasteiger partial charge on any atom is -0.348 e. The molecule has 5 nitrogen and oxygen atoms in total. The first-order valence-electron chi connectivity index (χ1n) is 5.72. The second kappa shape index (κ2) is 6.37. The maximum absolute atomic E-state index is 12.1. The van der Waals surface area contributed by atoms with Gasteiger partial charge in [-0.3, -0.25) is 14.4 Å². The Bertz CT molecular complexity index is 313. The molecule has 2 atom stereocenters. The van der Waals surface area contributed by atoms with Crippen molar-refractivity contribution >= 4 is 17.6 Å². The van der Waals surface area contributed by atoms with Crippen molar-refractivity contribution in [1.29, 1.82) is 0 Å². The van der Waals surface area contributed by atoms with Crippen LogP contribution in [0.3, 0.4) is 0 Å². The summed E-state index contributed by atoms with van der Waals surface area (Å²) in [5, 5.41) is 0. The monoisotopic (exact) mass is 242 g/mol. The standard InChI is InChI=1S/C12H22N2O3/c1-7-10(11(16)13(4)5)12(17)14(6)8(2)9(3)15/h8,10H,7H2,1-6H3. The summed E-state index contributed by atoms with van der Waals surface area (Å²) < 4.78 is 0. The van der Waals surface area contributed by atoms with Crippen molar-refractivity contribution in [1.82, 2.24) is 9.80 Å². The highest BCUT2D eigenvalue weighted by atomic mass is 16.2. The van der Waals surface area contributed by atoms with Crippen molar-refractivity contribution in [3.05, 3.63) is 0 Å². The van der Waals surface area contributed by atoms with Gasteiger partial charge < -0.3 is 9.80 Å². The maximum atomic E-state index is 12.1. The SMILES string of the molecule is CCC(C(=O)N(C)C)C(=O)N(C)C(C)C(C)=O. The molecule has 0 fully saturated rings. The third-order valence-corrected chi connectivity index (χ3v) is 2.96. The van der Waals surface area contributed by atoms with Crippen molar-refractivity contribution in [3.8, 4) is 0 Å². The molecule has 0 rings (SSSR count). The molecule has 2 unspecified atom stereocenters. The number of nitrogens with zero attached hydrogens (tertiary/aromatic N) is 2. The molecule has 98 valence electrons. The molecule has 0 aromatic rings. The average molecular weight is 242 g/mol. The number of carbonyl (C=O) groups is 3. The lowest BCUT2D eigenvalue weighted by Crippen LogP contribution is -2.46. The Morgan fingerprint density at radius 2 is 1.53 bits per heavy atom. The molecule has 0 radical (unpaired) electrons. The second-order valence-corrected chi connectivity index (χ2v) is 4.43. The molecule has 0 N–H and O–H groups in total. The third kappa shape index (κ3) is 3.84. The highest BCUT2D eigenvalue weighted by Crippen LogP contribution is 2.12. The van der Waals surface area contributed by atoms with Crippen LogP contribution in [0.4, 0.5) is 0 Å². The molecule has 2 amide bonds. The van der Waals surface area contributed by atoms with Crippen LogP contribution in [0.15, 0.2) is 0 Å². The molecule has 0 saturated heterocycles. The van der Waals surface area contributed by atoms with E-state index in [4.69, 9.17) is 0 Å². The van der Waals surface area contributed by atoms with Crippen molar-refractivity contribution in [3.63, 3.8) is 0 Å². The largest absolute Gasteiger partial charge is 0.348 e. The van der Waals surface area contributed by atoms with Gasteiger partial charge >= 0.3 is 0 Å². The number of ketones is 1. The van der Waals surface area contributed by atoms with Crippen LogP contribution in [0.1, 0.15) is 27.2 Å². The lowest BCUT2D eigenvalue weighted by Gasteiger charge is -2.27. The first-order valence-corrected chi connectivity index (χ1v) is 5.72. The lowest BCUT2D eigenvalue weighted by molar-refractivity contribution is -0.148. The summed E-state index contributed by atoms with van der Waals surface area (Å²) in [7, 11) is 4.79. The zero-order valence-electron chi connectivity index (χ0n) is 11.5.